The van der Waals surface area contributed by atoms with Gasteiger partial charge in [0.25, 0.3) is 5.56 Å². The second kappa shape index (κ2) is 8.99. The maximum atomic E-state index is 13.5. The molecule has 0 atom stereocenters. The smallest absolute Gasteiger partial charge is 0.337 e. The second-order valence-corrected chi connectivity index (χ2v) is 8.67. The van der Waals surface area contributed by atoms with Gasteiger partial charge in [-0.1, -0.05) is 35.9 Å². The highest BCUT2D eigenvalue weighted by molar-refractivity contribution is 7.17. The number of carboxylic acids is 1. The molecule has 7 nitrogen and oxygen atoms in total. The van der Waals surface area contributed by atoms with Crippen LogP contribution in [0.3, 0.4) is 0 Å². The van der Waals surface area contributed by atoms with E-state index in [1.807, 2.05) is 69.3 Å². The molecule has 0 spiro atoms. The van der Waals surface area contributed by atoms with Gasteiger partial charge in [0, 0.05) is 23.2 Å². The number of carbonyl (C=O) groups is 2. The third kappa shape index (κ3) is 4.29. The number of aryl methyl sites for hydroxylation is 2. The number of aromatic nitrogens is 2. The number of amides is 1. The van der Waals surface area contributed by atoms with Crippen molar-refractivity contribution in [3.05, 3.63) is 81.0 Å². The van der Waals surface area contributed by atoms with Crippen molar-refractivity contribution in [2.75, 3.05) is 11.4 Å². The van der Waals surface area contributed by atoms with Crippen molar-refractivity contribution in [3.8, 4) is 11.4 Å². The number of nitrogens with zero attached hydrogens (tertiary/aromatic N) is 3. The Morgan fingerprint density at radius 1 is 1.09 bits per heavy atom. The molecule has 2 aromatic heterocycles. The second-order valence-electron chi connectivity index (χ2n) is 7.81. The van der Waals surface area contributed by atoms with Gasteiger partial charge in [-0.05, 0) is 44.5 Å². The van der Waals surface area contributed by atoms with Crippen molar-refractivity contribution in [1.29, 1.82) is 0 Å². The van der Waals surface area contributed by atoms with Crippen molar-refractivity contribution in [3.63, 3.8) is 0 Å². The van der Waals surface area contributed by atoms with Gasteiger partial charge in [0.2, 0.25) is 5.91 Å². The predicted molar refractivity (Wildman–Crippen MR) is 130 cm³/mol. The molecule has 4 aromatic rings. The first-order valence-electron chi connectivity index (χ1n) is 10.5. The fourth-order valence-electron chi connectivity index (χ4n) is 3.85. The van der Waals surface area contributed by atoms with Crippen LogP contribution in [0.2, 0.25) is 0 Å². The van der Waals surface area contributed by atoms with Gasteiger partial charge in [0.05, 0.1) is 10.9 Å². The normalized spacial score (nSPS) is 11.0. The maximum absolute atomic E-state index is 13.5. The van der Waals surface area contributed by atoms with E-state index in [-0.39, 0.29) is 23.4 Å². The van der Waals surface area contributed by atoms with Crippen LogP contribution in [0.15, 0.2) is 58.7 Å². The molecule has 0 unspecified atom stereocenters. The standard InChI is InChI=1S/C25H23N3O4S/c1-4-27(18-10-6-8-16(3)12-18)20(29)13-28-22(17-9-5-7-15(2)11-17)26-23-21(24(28)30)19(14-33-23)25(31)32/h5-12,14H,4,13H2,1-3H3,(H,31,32). The van der Waals surface area contributed by atoms with Crippen molar-refractivity contribution in [1.82, 2.24) is 9.55 Å². The Balaban J connectivity index is 1.88. The molecule has 33 heavy (non-hydrogen) atoms. The van der Waals surface area contributed by atoms with Gasteiger partial charge in [-0.25, -0.2) is 9.78 Å². The summed E-state index contributed by atoms with van der Waals surface area (Å²) in [5.74, 6) is -1.15. The van der Waals surface area contributed by atoms with Crippen molar-refractivity contribution in [2.45, 2.75) is 27.3 Å². The largest absolute Gasteiger partial charge is 0.478 e. The van der Waals surface area contributed by atoms with Crippen LogP contribution in [-0.2, 0) is 11.3 Å². The molecule has 4 rings (SSSR count). The van der Waals surface area contributed by atoms with E-state index in [0.29, 0.717) is 22.8 Å². The Labute approximate surface area is 194 Å². The zero-order valence-electron chi connectivity index (χ0n) is 18.5. The molecule has 0 aliphatic rings. The molecule has 1 N–H and O–H groups in total. The first-order chi connectivity index (χ1) is 15.8. The molecule has 168 valence electrons. The fraction of sp³-hybridized carbons (Fsp3) is 0.200. The third-order valence-corrected chi connectivity index (χ3v) is 6.30. The summed E-state index contributed by atoms with van der Waals surface area (Å²) in [6, 6.07) is 15.1. The van der Waals surface area contributed by atoms with Crippen molar-refractivity contribution >= 4 is 39.1 Å². The number of anilines is 1. The van der Waals surface area contributed by atoms with E-state index in [4.69, 9.17) is 0 Å². The van der Waals surface area contributed by atoms with E-state index in [9.17, 15) is 19.5 Å². The molecular formula is C25H23N3O4S. The summed E-state index contributed by atoms with van der Waals surface area (Å²) in [4.78, 5) is 45.2. The molecule has 0 saturated carbocycles. The lowest BCUT2D eigenvalue weighted by molar-refractivity contribution is -0.119. The lowest BCUT2D eigenvalue weighted by Crippen LogP contribution is -2.37. The van der Waals surface area contributed by atoms with Crippen molar-refractivity contribution < 1.29 is 14.7 Å². The SMILES string of the molecule is CCN(C(=O)Cn1c(-c2cccc(C)c2)nc2scc(C(=O)O)c2c1=O)c1cccc(C)c1. The molecule has 2 aromatic carbocycles. The number of likely N-dealkylation sites (N-methyl/N-ethyl adjacent to an activating group) is 1. The molecule has 0 fully saturated rings. The maximum Gasteiger partial charge on any atom is 0.337 e. The van der Waals surface area contributed by atoms with Crippen LogP contribution in [0.25, 0.3) is 21.6 Å². The summed E-state index contributed by atoms with van der Waals surface area (Å²) in [5, 5.41) is 11.0. The zero-order chi connectivity index (χ0) is 23.7. The molecule has 0 aliphatic heterocycles. The van der Waals surface area contributed by atoms with E-state index < -0.39 is 11.5 Å². The predicted octanol–water partition coefficient (Wildman–Crippen LogP) is 4.49. The summed E-state index contributed by atoms with van der Waals surface area (Å²) in [5.41, 5.74) is 2.78. The van der Waals surface area contributed by atoms with E-state index >= 15 is 0 Å². The van der Waals surface area contributed by atoms with Gasteiger partial charge in [0.1, 0.15) is 17.2 Å². The number of aromatic carboxylic acids is 1. The number of fused-ring (bicyclic) bond motifs is 1. The minimum atomic E-state index is -1.20. The molecule has 0 saturated heterocycles. The minimum Gasteiger partial charge on any atom is -0.478 e. The quantitative estimate of drug-likeness (QED) is 0.457. The Morgan fingerprint density at radius 3 is 2.42 bits per heavy atom. The third-order valence-electron chi connectivity index (χ3n) is 5.42. The average molecular weight is 462 g/mol. The molecule has 1 amide bonds. The van der Waals surface area contributed by atoms with Crippen LogP contribution in [0.4, 0.5) is 5.69 Å². The Bertz CT molecular complexity index is 1440. The number of carbonyl (C=O) groups excluding carboxylic acids is 1. The van der Waals surface area contributed by atoms with Gasteiger partial charge >= 0.3 is 5.97 Å². The van der Waals surface area contributed by atoms with Crippen LogP contribution in [0.5, 0.6) is 0 Å². The Kier molecular flexibility index (Phi) is 6.11. The Hall–Kier alpha value is -3.78. The Morgan fingerprint density at radius 2 is 1.79 bits per heavy atom. The van der Waals surface area contributed by atoms with E-state index in [2.05, 4.69) is 4.98 Å². The van der Waals surface area contributed by atoms with Gasteiger partial charge < -0.3 is 10.0 Å². The number of rotatable bonds is 6. The number of hydrogen-bond donors (Lipinski definition) is 1. The van der Waals surface area contributed by atoms with Gasteiger partial charge in [-0.15, -0.1) is 11.3 Å². The molecular weight excluding hydrogens is 438 g/mol. The number of thiophene rings is 1. The summed E-state index contributed by atoms with van der Waals surface area (Å²) in [7, 11) is 0. The number of carboxylic acid groups (broad SMARTS) is 1. The van der Waals surface area contributed by atoms with E-state index in [0.717, 1.165) is 28.2 Å². The first-order valence-corrected chi connectivity index (χ1v) is 11.4. The highest BCUT2D eigenvalue weighted by Gasteiger charge is 2.23. The van der Waals surface area contributed by atoms with Gasteiger partial charge in [0.15, 0.2) is 0 Å². The van der Waals surface area contributed by atoms with Gasteiger partial charge in [-0.3, -0.25) is 14.2 Å². The van der Waals surface area contributed by atoms with Crippen LogP contribution in [-0.4, -0.2) is 33.1 Å². The molecule has 8 heteroatoms. The van der Waals surface area contributed by atoms with Gasteiger partial charge in [-0.2, -0.15) is 0 Å². The van der Waals surface area contributed by atoms with Crippen molar-refractivity contribution in [2.24, 2.45) is 0 Å². The minimum absolute atomic E-state index is 0.0234. The topological polar surface area (TPSA) is 92.5 Å². The molecule has 0 radical (unpaired) electrons. The van der Waals surface area contributed by atoms with E-state index in [1.54, 1.807) is 4.90 Å². The van der Waals surface area contributed by atoms with Crippen LogP contribution < -0.4 is 10.5 Å². The highest BCUT2D eigenvalue weighted by Crippen LogP contribution is 2.26. The lowest BCUT2D eigenvalue weighted by atomic mass is 10.1. The van der Waals surface area contributed by atoms with E-state index in [1.165, 1.54) is 9.95 Å². The van der Waals surface area contributed by atoms with Crippen LogP contribution in [0.1, 0.15) is 28.4 Å². The zero-order valence-corrected chi connectivity index (χ0v) is 19.3. The first kappa shape index (κ1) is 22.4. The highest BCUT2D eigenvalue weighted by atomic mass is 32.1. The molecule has 2 heterocycles. The van der Waals surface area contributed by atoms with Crippen LogP contribution in [0, 0.1) is 13.8 Å². The lowest BCUT2D eigenvalue weighted by Gasteiger charge is -2.23. The summed E-state index contributed by atoms with van der Waals surface area (Å²) in [6.45, 7) is 5.91. The van der Waals surface area contributed by atoms with Crippen LogP contribution >= 0.6 is 11.3 Å². The summed E-state index contributed by atoms with van der Waals surface area (Å²) in [6.07, 6.45) is 0. The average Bonchev–Trinajstić information content (AvgIpc) is 3.21. The monoisotopic (exact) mass is 461 g/mol. The number of benzene rings is 2. The number of hydrogen-bond acceptors (Lipinski definition) is 5. The summed E-state index contributed by atoms with van der Waals surface area (Å²) < 4.78 is 1.29. The fourth-order valence-corrected chi connectivity index (χ4v) is 4.75. The summed E-state index contributed by atoms with van der Waals surface area (Å²) >= 11 is 1.11. The molecule has 0 aliphatic carbocycles. The molecule has 0 bridgehead atoms.